The van der Waals surface area contributed by atoms with Crippen LogP contribution in [-0.4, -0.2) is 28.3 Å². The molecule has 0 aliphatic carbocycles. The van der Waals surface area contributed by atoms with Crippen LogP contribution in [0.4, 0.5) is 5.69 Å². The van der Waals surface area contributed by atoms with Crippen molar-refractivity contribution in [2.45, 2.75) is 18.7 Å². The number of ether oxygens (including phenoxy) is 1. The van der Waals surface area contributed by atoms with Crippen molar-refractivity contribution in [2.24, 2.45) is 4.99 Å². The van der Waals surface area contributed by atoms with Crippen LogP contribution in [0.5, 0.6) is 5.75 Å². The second-order valence-corrected chi connectivity index (χ2v) is 7.26. The Morgan fingerprint density at radius 2 is 1.90 bits per heavy atom. The number of rotatable bonds is 6. The zero-order valence-corrected chi connectivity index (χ0v) is 16.6. The molecule has 0 spiro atoms. The van der Waals surface area contributed by atoms with E-state index in [1.54, 1.807) is 26.2 Å². The highest BCUT2D eigenvalue weighted by Crippen LogP contribution is 2.33. The summed E-state index contributed by atoms with van der Waals surface area (Å²) < 4.78 is 5.15. The number of hydrogen-bond acceptors (Lipinski definition) is 7. The molecule has 0 saturated heterocycles. The number of aliphatic imine (C=N–C) groups is 1. The van der Waals surface area contributed by atoms with Crippen molar-refractivity contribution in [3.8, 4) is 5.75 Å². The Labute approximate surface area is 171 Å². The zero-order valence-electron chi connectivity index (χ0n) is 15.8. The van der Waals surface area contributed by atoms with Crippen molar-refractivity contribution in [1.82, 2.24) is 5.32 Å². The molecule has 1 unspecified atom stereocenters. The average molecular weight is 413 g/mol. The Morgan fingerprint density at radius 1 is 1.24 bits per heavy atom. The van der Waals surface area contributed by atoms with Crippen molar-refractivity contribution in [1.29, 1.82) is 0 Å². The smallest absolute Gasteiger partial charge is 0.335 e. The largest absolute Gasteiger partial charge is 0.497 e. The van der Waals surface area contributed by atoms with E-state index in [0.29, 0.717) is 22.2 Å². The predicted molar refractivity (Wildman–Crippen MR) is 111 cm³/mol. The van der Waals surface area contributed by atoms with Gasteiger partial charge in [-0.05, 0) is 42.3 Å². The number of methoxy groups -OCH3 is 1. The summed E-state index contributed by atoms with van der Waals surface area (Å²) in [6.07, 6.45) is 0. The van der Waals surface area contributed by atoms with Crippen LogP contribution in [0.2, 0.25) is 0 Å². The van der Waals surface area contributed by atoms with Gasteiger partial charge in [-0.15, -0.1) is 0 Å². The minimum atomic E-state index is -1.08. The van der Waals surface area contributed by atoms with Gasteiger partial charge in [-0.25, -0.2) is 9.79 Å². The van der Waals surface area contributed by atoms with Gasteiger partial charge in [0, 0.05) is 23.6 Å². The monoisotopic (exact) mass is 413 g/mol. The maximum atomic E-state index is 11.8. The Morgan fingerprint density at radius 3 is 2.45 bits per heavy atom. The molecule has 1 aliphatic heterocycles. The van der Waals surface area contributed by atoms with Gasteiger partial charge in [0.05, 0.1) is 17.6 Å². The fourth-order valence-electron chi connectivity index (χ4n) is 2.89. The second-order valence-electron chi connectivity index (χ2n) is 6.29. The van der Waals surface area contributed by atoms with Crippen LogP contribution in [0.25, 0.3) is 0 Å². The molecule has 2 aromatic rings. The minimum absolute atomic E-state index is 0.0571. The molecule has 0 saturated carbocycles. The van der Waals surface area contributed by atoms with Gasteiger partial charge >= 0.3 is 5.97 Å². The van der Waals surface area contributed by atoms with Gasteiger partial charge in [0.1, 0.15) is 11.8 Å². The van der Waals surface area contributed by atoms with Gasteiger partial charge in [-0.1, -0.05) is 23.9 Å². The van der Waals surface area contributed by atoms with E-state index < -0.39 is 16.9 Å². The molecule has 29 heavy (non-hydrogen) atoms. The first kappa shape index (κ1) is 20.4. The Kier molecular flexibility index (Phi) is 6.18. The van der Waals surface area contributed by atoms with Crippen LogP contribution >= 0.6 is 11.8 Å². The topological polar surface area (TPSA) is 114 Å². The summed E-state index contributed by atoms with van der Waals surface area (Å²) in [5, 5.41) is 24.1. The van der Waals surface area contributed by atoms with Crippen molar-refractivity contribution >= 4 is 28.6 Å². The maximum absolute atomic E-state index is 11.8. The average Bonchev–Trinajstić information content (AvgIpc) is 2.72. The van der Waals surface area contributed by atoms with Crippen LogP contribution in [0.15, 0.2) is 64.8 Å². The second kappa shape index (κ2) is 8.78. The molecule has 0 aromatic heterocycles. The van der Waals surface area contributed by atoms with Crippen LogP contribution in [-0.2, 0) is 10.5 Å². The third-order valence-corrected chi connectivity index (χ3v) is 5.36. The normalized spacial score (nSPS) is 16.1. The van der Waals surface area contributed by atoms with E-state index in [4.69, 9.17) is 4.74 Å². The summed E-state index contributed by atoms with van der Waals surface area (Å²) in [6, 6.07) is 12.7. The molecule has 8 nitrogen and oxygen atoms in total. The molecule has 2 N–H and O–H groups in total. The number of carbonyl (C=O) groups is 1. The molecule has 1 atom stereocenters. The number of carboxylic acid groups (broad SMARTS) is 1. The molecular weight excluding hydrogens is 394 g/mol. The van der Waals surface area contributed by atoms with Crippen molar-refractivity contribution in [2.75, 3.05) is 7.11 Å². The highest BCUT2D eigenvalue weighted by atomic mass is 32.2. The first-order chi connectivity index (χ1) is 13.9. The highest BCUT2D eigenvalue weighted by molar-refractivity contribution is 8.13. The number of allylic oxidation sites excluding steroid dienone is 1. The van der Waals surface area contributed by atoms with E-state index in [-0.39, 0.29) is 11.3 Å². The number of amidine groups is 1. The van der Waals surface area contributed by atoms with Gasteiger partial charge in [0.2, 0.25) is 0 Å². The lowest BCUT2D eigenvalue weighted by Crippen LogP contribution is -2.29. The summed E-state index contributed by atoms with van der Waals surface area (Å²) >= 11 is 1.45. The number of aliphatic carboxylic acids is 1. The first-order valence-electron chi connectivity index (χ1n) is 8.68. The lowest BCUT2D eigenvalue weighted by molar-refractivity contribution is -0.384. The molecule has 3 rings (SSSR count). The predicted octanol–water partition coefficient (Wildman–Crippen LogP) is 3.90. The number of hydrogen-bond donors (Lipinski definition) is 2. The van der Waals surface area contributed by atoms with E-state index in [1.165, 1.54) is 23.9 Å². The quantitative estimate of drug-likeness (QED) is 0.545. The highest BCUT2D eigenvalue weighted by Gasteiger charge is 2.29. The van der Waals surface area contributed by atoms with E-state index in [9.17, 15) is 20.0 Å². The molecule has 150 valence electrons. The SMILES string of the molecule is COc1ccc(CSC2=NC(c3ccc([N+](=O)[O-])cc3)C(C(=O)O)=C(C)N2)cc1. The summed E-state index contributed by atoms with van der Waals surface area (Å²) in [5.74, 6) is 0.328. The fraction of sp³-hybridized carbons (Fsp3) is 0.200. The number of nitrogens with one attached hydrogen (secondary N) is 1. The summed E-state index contributed by atoms with van der Waals surface area (Å²) in [4.78, 5) is 26.7. The Balaban J connectivity index is 1.83. The van der Waals surface area contributed by atoms with Crippen LogP contribution in [0.1, 0.15) is 24.1 Å². The van der Waals surface area contributed by atoms with E-state index in [1.807, 2.05) is 24.3 Å². The summed E-state index contributed by atoms with van der Waals surface area (Å²) in [6.45, 7) is 1.68. The molecule has 0 fully saturated rings. The van der Waals surface area contributed by atoms with Crippen molar-refractivity contribution in [3.63, 3.8) is 0 Å². The third kappa shape index (κ3) is 4.75. The van der Waals surface area contributed by atoms with Gasteiger partial charge in [0.15, 0.2) is 5.17 Å². The van der Waals surface area contributed by atoms with E-state index in [0.717, 1.165) is 11.3 Å². The molecule has 1 heterocycles. The molecule has 0 bridgehead atoms. The molecule has 2 aromatic carbocycles. The Hall–Kier alpha value is -3.33. The van der Waals surface area contributed by atoms with Crippen LogP contribution in [0, 0.1) is 10.1 Å². The number of nitrogens with zero attached hydrogens (tertiary/aromatic N) is 2. The lowest BCUT2D eigenvalue weighted by Gasteiger charge is -2.24. The number of benzene rings is 2. The third-order valence-electron chi connectivity index (χ3n) is 4.40. The van der Waals surface area contributed by atoms with Gasteiger partial charge < -0.3 is 15.2 Å². The molecule has 9 heteroatoms. The van der Waals surface area contributed by atoms with E-state index in [2.05, 4.69) is 10.3 Å². The minimum Gasteiger partial charge on any atom is -0.497 e. The lowest BCUT2D eigenvalue weighted by atomic mass is 9.96. The maximum Gasteiger partial charge on any atom is 0.335 e. The molecule has 0 radical (unpaired) electrons. The van der Waals surface area contributed by atoms with Gasteiger partial charge in [0.25, 0.3) is 5.69 Å². The van der Waals surface area contributed by atoms with Crippen LogP contribution < -0.4 is 10.1 Å². The number of nitro benzene ring substituents is 1. The fourth-order valence-corrected chi connectivity index (χ4v) is 3.79. The number of carboxylic acids is 1. The number of nitro groups is 1. The Bertz CT molecular complexity index is 984. The molecule has 1 aliphatic rings. The number of thioether (sulfide) groups is 1. The van der Waals surface area contributed by atoms with Gasteiger partial charge in [-0.2, -0.15) is 0 Å². The molecular formula is C20H19N3O5S. The summed E-state index contributed by atoms with van der Waals surface area (Å²) in [7, 11) is 1.61. The van der Waals surface area contributed by atoms with Gasteiger partial charge in [-0.3, -0.25) is 10.1 Å². The van der Waals surface area contributed by atoms with Crippen LogP contribution in [0.3, 0.4) is 0 Å². The zero-order chi connectivity index (χ0) is 21.0. The first-order valence-corrected chi connectivity index (χ1v) is 9.66. The van der Waals surface area contributed by atoms with Crippen molar-refractivity contribution in [3.05, 3.63) is 81.0 Å². The summed E-state index contributed by atoms with van der Waals surface area (Å²) in [5.41, 5.74) is 2.20. The molecule has 0 amide bonds. The van der Waals surface area contributed by atoms with E-state index >= 15 is 0 Å². The number of non-ortho nitro benzene ring substituents is 1. The standard InChI is InChI=1S/C20H19N3O5S/c1-12-17(19(24)25)18(14-5-7-15(8-6-14)23(26)27)22-20(21-12)29-11-13-3-9-16(28-2)10-4-13/h3-10,18H,11H2,1-2H3,(H,21,22)(H,24,25). The van der Waals surface area contributed by atoms with Crippen molar-refractivity contribution < 1.29 is 19.6 Å².